The molecule has 6 rings (SSSR count). The monoisotopic (exact) mass is 803 g/mol. The first-order valence-electron chi connectivity index (χ1n) is 16.6. The first-order chi connectivity index (χ1) is 23.9. The van der Waals surface area contributed by atoms with E-state index in [1.165, 1.54) is 47.7 Å². The predicted molar refractivity (Wildman–Crippen MR) is 183 cm³/mol. The number of hydrogen-bond acceptors (Lipinski definition) is 6. The molecule has 1 aliphatic carbocycles. The molecular weight excluding hydrogens is 765 g/mol. The normalized spacial score (nSPS) is 22.0. The Kier molecular flexibility index (Phi) is 11.7. The van der Waals surface area contributed by atoms with Gasteiger partial charge in [0.05, 0.1) is 11.0 Å². The topological polar surface area (TPSA) is 130 Å². The van der Waals surface area contributed by atoms with Crippen molar-refractivity contribution in [2.45, 2.75) is 105 Å². The number of benzene rings is 3. The summed E-state index contributed by atoms with van der Waals surface area (Å²) in [7, 11) is -3.45. The van der Waals surface area contributed by atoms with Crippen LogP contribution in [0, 0.1) is 0 Å². The van der Waals surface area contributed by atoms with Gasteiger partial charge in [-0.3, -0.25) is 4.79 Å². The minimum atomic E-state index is -5.08. The average Bonchev–Trinajstić information content (AvgIpc) is 3.35. The number of aliphatic carboxylic acids is 1. The Hall–Kier alpha value is -3.34. The molecule has 3 aliphatic rings. The second kappa shape index (κ2) is 15.3. The lowest BCUT2D eigenvalue weighted by atomic mass is 9.94. The molecule has 2 aliphatic heterocycles. The summed E-state index contributed by atoms with van der Waals surface area (Å²) in [6.07, 6.45) is 2.95. The molecule has 16 heteroatoms. The molecule has 51 heavy (non-hydrogen) atoms. The third kappa shape index (κ3) is 8.66. The van der Waals surface area contributed by atoms with Crippen LogP contribution in [0.3, 0.4) is 0 Å². The van der Waals surface area contributed by atoms with Gasteiger partial charge in [-0.15, -0.1) is 0 Å². The lowest BCUT2D eigenvalue weighted by molar-refractivity contribution is -0.192. The Balaban J connectivity index is 0.000000654. The fraction of sp³-hybridized carbons (Fsp3) is 0.486. The summed E-state index contributed by atoms with van der Waals surface area (Å²) in [5.41, 5.74) is 5.75. The van der Waals surface area contributed by atoms with Crippen molar-refractivity contribution in [3.8, 4) is 5.75 Å². The fourth-order valence-electron chi connectivity index (χ4n) is 7.21. The van der Waals surface area contributed by atoms with Crippen LogP contribution in [-0.2, 0) is 25.5 Å². The molecule has 0 spiro atoms. The molecule has 2 bridgehead atoms. The van der Waals surface area contributed by atoms with Crippen molar-refractivity contribution in [3.63, 3.8) is 0 Å². The first kappa shape index (κ1) is 38.9. The highest BCUT2D eigenvalue weighted by Crippen LogP contribution is 2.42. The minimum absolute atomic E-state index is 0.116. The van der Waals surface area contributed by atoms with Crippen LogP contribution in [0.1, 0.15) is 63.4 Å². The number of sulfonamides is 1. The first-order valence-corrected chi connectivity index (χ1v) is 18.8. The molecule has 278 valence electrons. The third-order valence-electron chi connectivity index (χ3n) is 9.75. The number of nitrogens with two attached hydrogens (primary N) is 1. The Labute approximate surface area is 301 Å². The van der Waals surface area contributed by atoms with Crippen LogP contribution in [-0.4, -0.2) is 78.1 Å². The van der Waals surface area contributed by atoms with Crippen molar-refractivity contribution < 1.29 is 49.8 Å². The predicted octanol–water partition coefficient (Wildman–Crippen LogP) is 7.21. The number of amides is 1. The van der Waals surface area contributed by atoms with Gasteiger partial charge < -0.3 is 20.5 Å². The van der Waals surface area contributed by atoms with Crippen molar-refractivity contribution in [2.75, 3.05) is 7.05 Å². The van der Waals surface area contributed by atoms with Gasteiger partial charge in [0, 0.05) is 35.2 Å². The molecule has 3 aromatic carbocycles. The number of carboxylic acid groups (broad SMARTS) is 1. The van der Waals surface area contributed by atoms with Crippen molar-refractivity contribution in [3.05, 3.63) is 70.7 Å². The number of carboxylic acids is 1. The van der Waals surface area contributed by atoms with E-state index in [0.29, 0.717) is 45.6 Å². The molecule has 1 amide bonds. The number of halogens is 6. The molecule has 3 fully saturated rings. The highest BCUT2D eigenvalue weighted by molar-refractivity contribution is 9.10. The van der Waals surface area contributed by atoms with Gasteiger partial charge >= 0.3 is 12.1 Å². The molecular formula is C35H39BrF5N3O6S. The maximum absolute atomic E-state index is 16.5. The van der Waals surface area contributed by atoms with Crippen LogP contribution in [0.15, 0.2) is 70.0 Å². The standard InChI is InChI=1S/C33H38BrF2N3O4S.C2HF3O2/c1-38(44(41,42)30-16-8-21-17-29(15-7-22(21)18-30)43-28-5-3-2-4-6-28)31(33(35,36)23-9-11-24(34)12-10-23)32(40)39-26-13-14-27(39)20-25(37)19-26;3-2(4,5)1(6)7/h7-12,15-18,25-28,31H,2-6,13-14,19-20,37H2,1H3;(H,6,7). The molecule has 2 heterocycles. The van der Waals surface area contributed by atoms with E-state index in [0.717, 1.165) is 38.1 Å². The van der Waals surface area contributed by atoms with Crippen molar-refractivity contribution in [1.29, 1.82) is 0 Å². The molecule has 0 aromatic heterocycles. The Bertz CT molecular complexity index is 1830. The Morgan fingerprint density at radius 1 is 0.902 bits per heavy atom. The maximum atomic E-state index is 16.5. The lowest BCUT2D eigenvalue weighted by Gasteiger charge is -2.42. The molecule has 3 atom stereocenters. The summed E-state index contributed by atoms with van der Waals surface area (Å²) in [6.45, 7) is 0. The fourth-order valence-corrected chi connectivity index (χ4v) is 8.82. The zero-order chi connectivity index (χ0) is 37.3. The van der Waals surface area contributed by atoms with E-state index < -0.39 is 45.6 Å². The largest absolute Gasteiger partial charge is 0.490 e. The molecule has 9 nitrogen and oxygen atoms in total. The summed E-state index contributed by atoms with van der Waals surface area (Å²) in [5, 5.41) is 8.52. The van der Waals surface area contributed by atoms with E-state index in [2.05, 4.69) is 15.9 Å². The number of alkyl halides is 5. The van der Waals surface area contributed by atoms with E-state index in [9.17, 15) is 26.4 Å². The number of ether oxygens (including phenoxy) is 1. The third-order valence-corrected chi connectivity index (χ3v) is 12.1. The Morgan fingerprint density at radius 3 is 2.02 bits per heavy atom. The minimum Gasteiger partial charge on any atom is -0.490 e. The number of nitrogens with zero attached hydrogens (tertiary/aromatic N) is 2. The Morgan fingerprint density at radius 2 is 1.45 bits per heavy atom. The van der Waals surface area contributed by atoms with Crippen molar-refractivity contribution >= 4 is 48.6 Å². The number of fused-ring (bicyclic) bond motifs is 3. The summed E-state index contributed by atoms with van der Waals surface area (Å²) in [5.74, 6) is -6.75. The average molecular weight is 805 g/mol. The van der Waals surface area contributed by atoms with Crippen LogP contribution in [0.2, 0.25) is 0 Å². The van der Waals surface area contributed by atoms with Gasteiger partial charge in [0.15, 0.2) is 6.04 Å². The van der Waals surface area contributed by atoms with Crippen LogP contribution in [0.5, 0.6) is 5.75 Å². The SMILES string of the molecule is CN(C(C(=O)N1C2CCC1CC(N)C2)C(F)(F)c1ccc(Br)cc1)S(=O)(=O)c1ccc2cc(OC3CCCCC3)ccc2c1.O=C(O)C(F)(F)F. The van der Waals surface area contributed by atoms with E-state index in [-0.39, 0.29) is 29.1 Å². The summed E-state index contributed by atoms with van der Waals surface area (Å²) < 4.78 is 100. The number of likely N-dealkylation sites (N-methyl/N-ethyl adjacent to an activating group) is 1. The van der Waals surface area contributed by atoms with Gasteiger partial charge in [-0.25, -0.2) is 13.2 Å². The zero-order valence-electron chi connectivity index (χ0n) is 27.7. The van der Waals surface area contributed by atoms with Crippen LogP contribution in [0.4, 0.5) is 22.0 Å². The maximum Gasteiger partial charge on any atom is 0.490 e. The molecule has 2 saturated heterocycles. The zero-order valence-corrected chi connectivity index (χ0v) is 30.1. The quantitative estimate of drug-likeness (QED) is 0.230. The highest BCUT2D eigenvalue weighted by Gasteiger charge is 2.56. The lowest BCUT2D eigenvalue weighted by Crippen LogP contribution is -2.61. The van der Waals surface area contributed by atoms with Crippen LogP contribution < -0.4 is 10.5 Å². The second-order valence-electron chi connectivity index (χ2n) is 13.3. The summed E-state index contributed by atoms with van der Waals surface area (Å²) >= 11 is 3.26. The van der Waals surface area contributed by atoms with Gasteiger partial charge in [-0.2, -0.15) is 26.3 Å². The van der Waals surface area contributed by atoms with E-state index in [4.69, 9.17) is 20.4 Å². The molecule has 3 aromatic rings. The van der Waals surface area contributed by atoms with Crippen molar-refractivity contribution in [1.82, 2.24) is 9.21 Å². The van der Waals surface area contributed by atoms with Crippen LogP contribution >= 0.6 is 15.9 Å². The number of rotatable bonds is 8. The van der Waals surface area contributed by atoms with Gasteiger partial charge in [0.2, 0.25) is 15.9 Å². The summed E-state index contributed by atoms with van der Waals surface area (Å²) in [4.78, 5) is 24.4. The van der Waals surface area contributed by atoms with E-state index in [1.807, 2.05) is 12.1 Å². The molecule has 1 saturated carbocycles. The van der Waals surface area contributed by atoms with Crippen LogP contribution in [0.25, 0.3) is 10.8 Å². The number of carbonyl (C=O) groups is 2. The molecule has 3 unspecified atom stereocenters. The van der Waals surface area contributed by atoms with E-state index in [1.54, 1.807) is 12.1 Å². The highest BCUT2D eigenvalue weighted by atomic mass is 79.9. The van der Waals surface area contributed by atoms with Gasteiger partial charge in [0.25, 0.3) is 5.92 Å². The molecule has 0 radical (unpaired) electrons. The molecule has 3 N–H and O–H groups in total. The second-order valence-corrected chi connectivity index (χ2v) is 16.2. The van der Waals surface area contributed by atoms with Gasteiger partial charge in [-0.05, 0) is 98.5 Å². The summed E-state index contributed by atoms with van der Waals surface area (Å²) in [6, 6.07) is 12.3. The van der Waals surface area contributed by atoms with Gasteiger partial charge in [0.1, 0.15) is 5.75 Å². The number of hydrogen-bond donors (Lipinski definition) is 2. The smallest absolute Gasteiger partial charge is 0.490 e. The number of carbonyl (C=O) groups excluding carboxylic acids is 1. The van der Waals surface area contributed by atoms with Crippen molar-refractivity contribution in [2.24, 2.45) is 5.73 Å². The van der Waals surface area contributed by atoms with E-state index >= 15 is 8.78 Å². The number of piperidine rings is 1. The van der Waals surface area contributed by atoms with Gasteiger partial charge in [-0.1, -0.05) is 46.6 Å².